The van der Waals surface area contributed by atoms with E-state index < -0.39 is 17.5 Å². The smallest absolute Gasteiger partial charge is 0.161 e. The maximum Gasteiger partial charge on any atom is 0.161 e. The Bertz CT molecular complexity index is 520. The number of nitrogens with zero attached hydrogens (tertiary/aromatic N) is 2. The number of aryl methyl sites for hydroxylation is 1. The van der Waals surface area contributed by atoms with Gasteiger partial charge in [0.2, 0.25) is 0 Å². The summed E-state index contributed by atoms with van der Waals surface area (Å²) in [4.78, 5) is 0. The lowest BCUT2D eigenvalue weighted by Gasteiger charge is -2.03. The quantitative estimate of drug-likeness (QED) is 0.720. The van der Waals surface area contributed by atoms with Crippen molar-refractivity contribution in [3.05, 3.63) is 47.5 Å². The lowest BCUT2D eigenvalue weighted by Crippen LogP contribution is -2.01. The Morgan fingerprint density at radius 2 is 1.81 bits per heavy atom. The fourth-order valence-electron chi connectivity index (χ4n) is 1.37. The Hall–Kier alpha value is -1.78. The highest BCUT2D eigenvalue weighted by molar-refractivity contribution is 5.34. The summed E-state index contributed by atoms with van der Waals surface area (Å²) >= 11 is 0. The standard InChI is InChI=1S/C11H9F3N2/c1-2-7-3-4-16(15-7)11-6-9(13)8(12)5-10(11)14/h3-6H,2H2,1H3. The summed E-state index contributed by atoms with van der Waals surface area (Å²) in [6.45, 7) is 1.90. The second-order valence-electron chi connectivity index (χ2n) is 3.32. The van der Waals surface area contributed by atoms with Gasteiger partial charge in [0, 0.05) is 18.3 Å². The molecule has 0 N–H and O–H groups in total. The summed E-state index contributed by atoms with van der Waals surface area (Å²) in [5.74, 6) is -3.14. The van der Waals surface area contributed by atoms with Gasteiger partial charge in [-0.15, -0.1) is 0 Å². The van der Waals surface area contributed by atoms with E-state index in [2.05, 4.69) is 5.10 Å². The van der Waals surface area contributed by atoms with E-state index >= 15 is 0 Å². The summed E-state index contributed by atoms with van der Waals surface area (Å²) in [6.07, 6.45) is 2.20. The van der Waals surface area contributed by atoms with Crippen LogP contribution in [0.2, 0.25) is 0 Å². The lowest BCUT2D eigenvalue weighted by molar-refractivity contribution is 0.491. The van der Waals surface area contributed by atoms with Crippen LogP contribution in [0.15, 0.2) is 24.4 Å². The van der Waals surface area contributed by atoms with Crippen LogP contribution < -0.4 is 0 Å². The molecule has 0 atom stereocenters. The van der Waals surface area contributed by atoms with E-state index in [1.165, 1.54) is 10.9 Å². The summed E-state index contributed by atoms with van der Waals surface area (Å²) in [5.41, 5.74) is 0.655. The highest BCUT2D eigenvalue weighted by Crippen LogP contribution is 2.17. The molecule has 1 aromatic heterocycles. The highest BCUT2D eigenvalue weighted by Gasteiger charge is 2.11. The van der Waals surface area contributed by atoms with E-state index in [0.717, 1.165) is 11.8 Å². The summed E-state index contributed by atoms with van der Waals surface area (Å²) < 4.78 is 40.2. The van der Waals surface area contributed by atoms with Gasteiger partial charge in [-0.05, 0) is 12.5 Å². The Morgan fingerprint density at radius 1 is 1.12 bits per heavy atom. The molecule has 0 radical (unpaired) electrons. The first-order valence-corrected chi connectivity index (χ1v) is 4.81. The van der Waals surface area contributed by atoms with Crippen LogP contribution in [0, 0.1) is 17.5 Å². The third-order valence-electron chi connectivity index (χ3n) is 2.24. The van der Waals surface area contributed by atoms with Gasteiger partial charge in [0.15, 0.2) is 17.5 Å². The third kappa shape index (κ3) is 1.80. The molecule has 0 aliphatic rings. The molecule has 0 aliphatic carbocycles. The van der Waals surface area contributed by atoms with Crippen molar-refractivity contribution >= 4 is 0 Å². The van der Waals surface area contributed by atoms with E-state index in [-0.39, 0.29) is 5.69 Å². The molecule has 0 spiro atoms. The topological polar surface area (TPSA) is 17.8 Å². The maximum atomic E-state index is 13.4. The lowest BCUT2D eigenvalue weighted by atomic mass is 10.3. The number of aromatic nitrogens is 2. The molecule has 0 saturated heterocycles. The normalized spacial score (nSPS) is 10.8. The van der Waals surface area contributed by atoms with Gasteiger partial charge in [-0.1, -0.05) is 6.92 Å². The Balaban J connectivity index is 2.51. The second-order valence-corrected chi connectivity index (χ2v) is 3.32. The average Bonchev–Trinajstić information content (AvgIpc) is 2.71. The zero-order valence-electron chi connectivity index (χ0n) is 8.54. The molecule has 0 saturated carbocycles. The molecule has 0 bridgehead atoms. The second kappa shape index (κ2) is 4.00. The van der Waals surface area contributed by atoms with Gasteiger partial charge in [-0.3, -0.25) is 0 Å². The van der Waals surface area contributed by atoms with Crippen LogP contribution in [0.25, 0.3) is 5.69 Å². The Morgan fingerprint density at radius 3 is 2.44 bits per heavy atom. The average molecular weight is 226 g/mol. The van der Waals surface area contributed by atoms with Crippen LogP contribution in [-0.2, 0) is 6.42 Å². The van der Waals surface area contributed by atoms with E-state index in [1.807, 2.05) is 6.92 Å². The third-order valence-corrected chi connectivity index (χ3v) is 2.24. The van der Waals surface area contributed by atoms with Gasteiger partial charge in [-0.25, -0.2) is 17.9 Å². The van der Waals surface area contributed by atoms with Crippen molar-refractivity contribution in [2.75, 3.05) is 0 Å². The molecule has 0 fully saturated rings. The molecule has 2 rings (SSSR count). The van der Waals surface area contributed by atoms with Gasteiger partial charge in [0.25, 0.3) is 0 Å². The zero-order valence-corrected chi connectivity index (χ0v) is 8.54. The largest absolute Gasteiger partial charge is 0.238 e. The molecule has 0 amide bonds. The van der Waals surface area contributed by atoms with Gasteiger partial charge in [-0.2, -0.15) is 5.10 Å². The van der Waals surface area contributed by atoms with Crippen molar-refractivity contribution in [2.45, 2.75) is 13.3 Å². The molecular weight excluding hydrogens is 217 g/mol. The summed E-state index contributed by atoms with van der Waals surface area (Å²) in [6, 6.07) is 3.00. The number of hydrogen-bond acceptors (Lipinski definition) is 1. The van der Waals surface area contributed by atoms with Gasteiger partial charge >= 0.3 is 0 Å². The molecule has 5 heteroatoms. The first kappa shape index (κ1) is 10.7. The van der Waals surface area contributed by atoms with Crippen molar-refractivity contribution in [1.82, 2.24) is 9.78 Å². The van der Waals surface area contributed by atoms with E-state index in [9.17, 15) is 13.2 Å². The molecule has 1 heterocycles. The van der Waals surface area contributed by atoms with Gasteiger partial charge in [0.1, 0.15) is 5.69 Å². The molecule has 0 aliphatic heterocycles. The molecule has 1 aromatic carbocycles. The van der Waals surface area contributed by atoms with Crippen molar-refractivity contribution in [1.29, 1.82) is 0 Å². The summed E-state index contributed by atoms with van der Waals surface area (Å²) in [7, 11) is 0. The zero-order chi connectivity index (χ0) is 11.7. The van der Waals surface area contributed by atoms with Gasteiger partial charge in [0.05, 0.1) is 5.69 Å². The van der Waals surface area contributed by atoms with Crippen LogP contribution in [0.3, 0.4) is 0 Å². The maximum absolute atomic E-state index is 13.4. The molecule has 2 nitrogen and oxygen atoms in total. The first-order chi connectivity index (χ1) is 7.61. The highest BCUT2D eigenvalue weighted by atomic mass is 19.2. The fraction of sp³-hybridized carbons (Fsp3) is 0.182. The molecule has 2 aromatic rings. The fourth-order valence-corrected chi connectivity index (χ4v) is 1.37. The molecule has 0 unspecified atom stereocenters. The number of benzene rings is 1. The molecule has 84 valence electrons. The van der Waals surface area contributed by atoms with E-state index in [0.29, 0.717) is 12.5 Å². The minimum Gasteiger partial charge on any atom is -0.238 e. The number of hydrogen-bond donors (Lipinski definition) is 0. The van der Waals surface area contributed by atoms with Crippen molar-refractivity contribution < 1.29 is 13.2 Å². The Labute approximate surface area is 90.3 Å². The van der Waals surface area contributed by atoms with Crippen LogP contribution in [0.4, 0.5) is 13.2 Å². The predicted octanol–water partition coefficient (Wildman–Crippen LogP) is 2.85. The van der Waals surface area contributed by atoms with Crippen LogP contribution in [0.1, 0.15) is 12.6 Å². The molecule has 16 heavy (non-hydrogen) atoms. The monoisotopic (exact) mass is 226 g/mol. The van der Waals surface area contributed by atoms with Crippen LogP contribution >= 0.6 is 0 Å². The number of rotatable bonds is 2. The Kier molecular flexibility index (Phi) is 2.68. The van der Waals surface area contributed by atoms with Crippen LogP contribution in [-0.4, -0.2) is 9.78 Å². The minimum atomic E-state index is -1.20. The molecular formula is C11H9F3N2. The van der Waals surface area contributed by atoms with Crippen LogP contribution in [0.5, 0.6) is 0 Å². The van der Waals surface area contributed by atoms with Crippen molar-refractivity contribution in [3.8, 4) is 5.69 Å². The summed E-state index contributed by atoms with van der Waals surface area (Å²) in [5, 5.41) is 4.02. The first-order valence-electron chi connectivity index (χ1n) is 4.81. The van der Waals surface area contributed by atoms with E-state index in [4.69, 9.17) is 0 Å². The minimum absolute atomic E-state index is 0.0985. The van der Waals surface area contributed by atoms with E-state index in [1.54, 1.807) is 6.07 Å². The number of halogens is 3. The van der Waals surface area contributed by atoms with Crippen molar-refractivity contribution in [2.24, 2.45) is 0 Å². The van der Waals surface area contributed by atoms with Gasteiger partial charge < -0.3 is 0 Å². The SMILES string of the molecule is CCc1ccn(-c2cc(F)c(F)cc2F)n1. The van der Waals surface area contributed by atoms with Crippen molar-refractivity contribution in [3.63, 3.8) is 0 Å². The predicted molar refractivity (Wildman–Crippen MR) is 52.8 cm³/mol.